The highest BCUT2D eigenvalue weighted by Gasteiger charge is 2.17. The molecule has 2 aromatic rings. The molecule has 25 heavy (non-hydrogen) atoms. The largest absolute Gasteiger partial charge is 0.372 e. The van der Waals surface area contributed by atoms with Gasteiger partial charge in [0, 0.05) is 12.1 Å². The molecule has 2 rings (SSSR count). The van der Waals surface area contributed by atoms with Gasteiger partial charge < -0.3 is 4.74 Å². The number of nitro benzene ring substituents is 2. The fourth-order valence-corrected chi connectivity index (χ4v) is 2.51. The van der Waals surface area contributed by atoms with Crippen LogP contribution in [0.25, 0.3) is 0 Å². The van der Waals surface area contributed by atoms with E-state index in [1.165, 1.54) is 12.1 Å². The third-order valence-corrected chi connectivity index (χ3v) is 4.02. The molecule has 0 aliphatic heterocycles. The minimum atomic E-state index is -0.434. The highest BCUT2D eigenvalue weighted by atomic mass is 16.6. The van der Waals surface area contributed by atoms with Crippen LogP contribution in [0.4, 0.5) is 11.4 Å². The summed E-state index contributed by atoms with van der Waals surface area (Å²) in [6, 6.07) is 10.1. The summed E-state index contributed by atoms with van der Waals surface area (Å²) in [5, 5.41) is 22.4. The van der Waals surface area contributed by atoms with Crippen molar-refractivity contribution in [1.29, 1.82) is 0 Å². The second kappa shape index (κ2) is 8.34. The Balaban J connectivity index is 2.13. The Hall–Kier alpha value is -2.80. The molecule has 0 aliphatic rings. The molecule has 7 nitrogen and oxygen atoms in total. The molecule has 0 bridgehead atoms. The fraction of sp³-hybridized carbons (Fsp3) is 0.333. The molecule has 132 valence electrons. The molecule has 2 aromatic carbocycles. The monoisotopic (exact) mass is 344 g/mol. The van der Waals surface area contributed by atoms with Crippen LogP contribution in [0.2, 0.25) is 0 Å². The first kappa shape index (κ1) is 18.5. The molecule has 0 radical (unpaired) electrons. The number of aryl methyl sites for hydroxylation is 2. The van der Waals surface area contributed by atoms with E-state index in [2.05, 4.69) is 0 Å². The first-order chi connectivity index (χ1) is 12.0. The van der Waals surface area contributed by atoms with Crippen LogP contribution in [0.3, 0.4) is 0 Å². The highest BCUT2D eigenvalue weighted by Crippen LogP contribution is 2.24. The molecule has 0 unspecified atom stereocenters. The molecule has 7 heteroatoms. The number of rotatable bonds is 8. The van der Waals surface area contributed by atoms with Crippen molar-refractivity contribution in [1.82, 2.24) is 0 Å². The maximum Gasteiger partial charge on any atom is 0.275 e. The zero-order chi connectivity index (χ0) is 18.4. The lowest BCUT2D eigenvalue weighted by Gasteiger charge is -2.08. The summed E-state index contributed by atoms with van der Waals surface area (Å²) in [5.41, 5.74) is 2.68. The summed E-state index contributed by atoms with van der Waals surface area (Å²) in [5.74, 6) is 0. The van der Waals surface area contributed by atoms with Crippen LogP contribution in [0, 0.1) is 20.2 Å². The van der Waals surface area contributed by atoms with Gasteiger partial charge >= 0.3 is 0 Å². The lowest BCUT2D eigenvalue weighted by Crippen LogP contribution is -2.02. The van der Waals surface area contributed by atoms with Gasteiger partial charge in [0.05, 0.1) is 34.2 Å². The van der Waals surface area contributed by atoms with Crippen molar-refractivity contribution in [3.8, 4) is 0 Å². The van der Waals surface area contributed by atoms with Crippen LogP contribution >= 0.6 is 0 Å². The number of hydrogen-bond donors (Lipinski definition) is 0. The molecule has 0 N–H and O–H groups in total. The Morgan fingerprint density at radius 1 is 0.800 bits per heavy atom. The Morgan fingerprint density at radius 2 is 1.20 bits per heavy atom. The summed E-state index contributed by atoms with van der Waals surface area (Å²) in [4.78, 5) is 21.5. The summed E-state index contributed by atoms with van der Waals surface area (Å²) < 4.78 is 5.53. The number of ether oxygens (including phenoxy) is 1. The van der Waals surface area contributed by atoms with Gasteiger partial charge in [-0.25, -0.2) is 0 Å². The Kier molecular flexibility index (Phi) is 6.19. The van der Waals surface area contributed by atoms with Crippen molar-refractivity contribution in [3.05, 3.63) is 78.9 Å². The fourth-order valence-electron chi connectivity index (χ4n) is 2.51. The normalized spacial score (nSPS) is 10.6. The molecule has 0 spiro atoms. The van der Waals surface area contributed by atoms with Gasteiger partial charge in [0.2, 0.25) is 0 Å². The molecule has 0 amide bonds. The smallest absolute Gasteiger partial charge is 0.275 e. The summed E-state index contributed by atoms with van der Waals surface area (Å²) in [6.07, 6.45) is 1.41. The minimum absolute atomic E-state index is 0.00943. The van der Waals surface area contributed by atoms with Crippen LogP contribution in [0.5, 0.6) is 0 Å². The summed E-state index contributed by atoms with van der Waals surface area (Å²) in [6.45, 7) is 3.89. The van der Waals surface area contributed by atoms with Crippen molar-refractivity contribution in [3.63, 3.8) is 0 Å². The van der Waals surface area contributed by atoms with Gasteiger partial charge in [0.1, 0.15) is 0 Å². The Morgan fingerprint density at radius 3 is 1.52 bits per heavy atom. The van der Waals surface area contributed by atoms with E-state index >= 15 is 0 Å². The van der Waals surface area contributed by atoms with Gasteiger partial charge in [0.15, 0.2) is 0 Å². The predicted octanol–water partition coefficient (Wildman–Crippen LogP) is 4.34. The standard InChI is InChI=1S/C18H20N2O5/c1-3-13-5-7-15(17(9-13)19(21)22)11-25-12-16-8-6-14(4-2)10-18(16)20(23)24/h5-10H,3-4,11-12H2,1-2H3. The van der Waals surface area contributed by atoms with Crippen LogP contribution in [-0.4, -0.2) is 9.85 Å². The van der Waals surface area contributed by atoms with E-state index < -0.39 is 9.85 Å². The third-order valence-electron chi connectivity index (χ3n) is 4.02. The lowest BCUT2D eigenvalue weighted by atomic mass is 10.1. The van der Waals surface area contributed by atoms with E-state index in [1.54, 1.807) is 12.1 Å². The first-order valence-electron chi connectivity index (χ1n) is 8.06. The second-order valence-electron chi connectivity index (χ2n) is 5.64. The van der Waals surface area contributed by atoms with E-state index in [9.17, 15) is 20.2 Å². The molecular weight excluding hydrogens is 324 g/mol. The number of hydrogen-bond acceptors (Lipinski definition) is 5. The van der Waals surface area contributed by atoms with Crippen molar-refractivity contribution >= 4 is 11.4 Å². The van der Waals surface area contributed by atoms with Gasteiger partial charge in [-0.2, -0.15) is 0 Å². The zero-order valence-electron chi connectivity index (χ0n) is 14.2. The lowest BCUT2D eigenvalue weighted by molar-refractivity contribution is -0.386. The van der Waals surface area contributed by atoms with E-state index in [1.807, 2.05) is 26.0 Å². The van der Waals surface area contributed by atoms with Gasteiger partial charge in [0.25, 0.3) is 11.4 Å². The van der Waals surface area contributed by atoms with Crippen LogP contribution in [0.15, 0.2) is 36.4 Å². The van der Waals surface area contributed by atoms with Gasteiger partial charge in [-0.05, 0) is 36.1 Å². The van der Waals surface area contributed by atoms with Crippen molar-refractivity contribution < 1.29 is 14.6 Å². The van der Waals surface area contributed by atoms with Crippen molar-refractivity contribution in [2.75, 3.05) is 0 Å². The molecular formula is C18H20N2O5. The molecule has 0 aliphatic carbocycles. The molecule has 0 fully saturated rings. The predicted molar refractivity (Wildman–Crippen MR) is 93.4 cm³/mol. The average Bonchev–Trinajstić information content (AvgIpc) is 2.61. The van der Waals surface area contributed by atoms with Gasteiger partial charge in [-0.3, -0.25) is 20.2 Å². The quantitative estimate of drug-likeness (QED) is 0.524. The Labute approximate surface area is 145 Å². The molecule has 0 saturated heterocycles. The molecule has 0 heterocycles. The van der Waals surface area contributed by atoms with E-state index in [0.29, 0.717) is 24.0 Å². The maximum absolute atomic E-state index is 11.2. The zero-order valence-corrected chi connectivity index (χ0v) is 14.2. The van der Waals surface area contributed by atoms with Gasteiger partial charge in [-0.15, -0.1) is 0 Å². The highest BCUT2D eigenvalue weighted by molar-refractivity contribution is 5.44. The second-order valence-corrected chi connectivity index (χ2v) is 5.64. The topological polar surface area (TPSA) is 95.5 Å². The number of nitrogens with zero attached hydrogens (tertiary/aromatic N) is 2. The van der Waals surface area contributed by atoms with Gasteiger partial charge in [-0.1, -0.05) is 26.0 Å². The number of benzene rings is 2. The van der Waals surface area contributed by atoms with E-state index in [4.69, 9.17) is 4.74 Å². The molecule has 0 saturated carbocycles. The van der Waals surface area contributed by atoms with Crippen LogP contribution < -0.4 is 0 Å². The van der Waals surface area contributed by atoms with E-state index in [0.717, 1.165) is 11.1 Å². The minimum Gasteiger partial charge on any atom is -0.372 e. The van der Waals surface area contributed by atoms with Crippen LogP contribution in [-0.2, 0) is 30.8 Å². The molecule has 0 aromatic heterocycles. The van der Waals surface area contributed by atoms with Crippen LogP contribution in [0.1, 0.15) is 36.1 Å². The molecule has 0 atom stereocenters. The average molecular weight is 344 g/mol. The maximum atomic E-state index is 11.2. The third kappa shape index (κ3) is 4.60. The summed E-state index contributed by atoms with van der Waals surface area (Å²) >= 11 is 0. The van der Waals surface area contributed by atoms with Crippen molar-refractivity contribution in [2.45, 2.75) is 39.9 Å². The SMILES string of the molecule is CCc1ccc(COCc2ccc(CC)cc2[N+](=O)[O-])c([N+](=O)[O-])c1. The van der Waals surface area contributed by atoms with E-state index in [-0.39, 0.29) is 24.6 Å². The van der Waals surface area contributed by atoms with Crippen molar-refractivity contribution in [2.24, 2.45) is 0 Å². The Bertz CT molecular complexity index is 724. The summed E-state index contributed by atoms with van der Waals surface area (Å²) in [7, 11) is 0. The number of nitro groups is 2. The first-order valence-corrected chi connectivity index (χ1v) is 8.06.